The van der Waals surface area contributed by atoms with Crippen LogP contribution in [0.25, 0.3) is 0 Å². The van der Waals surface area contributed by atoms with Crippen molar-refractivity contribution in [1.29, 1.82) is 0 Å². The minimum absolute atomic E-state index is 0.147. The molecule has 0 radical (unpaired) electrons. The van der Waals surface area contributed by atoms with Crippen LogP contribution in [0.1, 0.15) is 25.3 Å². The van der Waals surface area contributed by atoms with E-state index in [0.29, 0.717) is 0 Å². The van der Waals surface area contributed by atoms with E-state index >= 15 is 0 Å². The summed E-state index contributed by atoms with van der Waals surface area (Å²) in [6.07, 6.45) is 0. The number of halogens is 2. The van der Waals surface area contributed by atoms with E-state index in [0.717, 1.165) is 6.07 Å². The maximum absolute atomic E-state index is 13.5. The van der Waals surface area contributed by atoms with Gasteiger partial charge >= 0.3 is 5.97 Å². The van der Waals surface area contributed by atoms with Crippen molar-refractivity contribution in [2.75, 3.05) is 7.11 Å². The van der Waals surface area contributed by atoms with Gasteiger partial charge in [0.15, 0.2) is 11.6 Å². The Morgan fingerprint density at radius 1 is 1.35 bits per heavy atom. The van der Waals surface area contributed by atoms with E-state index in [2.05, 4.69) is 0 Å². The molecule has 17 heavy (non-hydrogen) atoms. The average molecular weight is 244 g/mol. The summed E-state index contributed by atoms with van der Waals surface area (Å²) >= 11 is 0. The Hall–Kier alpha value is -1.65. The lowest BCUT2D eigenvalue weighted by molar-refractivity contribution is -0.139. The second-order valence-electron chi connectivity index (χ2n) is 4.04. The number of aliphatic carboxylic acids is 1. The highest BCUT2D eigenvalue weighted by Gasteiger charge is 2.29. The molecule has 1 rings (SSSR count). The minimum Gasteiger partial charge on any atom is -0.493 e. The monoisotopic (exact) mass is 244 g/mol. The zero-order chi connectivity index (χ0) is 13.2. The van der Waals surface area contributed by atoms with Crippen molar-refractivity contribution in [3.63, 3.8) is 0 Å². The molecule has 0 aliphatic heterocycles. The number of hydrogen-bond donors (Lipinski definition) is 1. The van der Waals surface area contributed by atoms with Crippen LogP contribution in [0, 0.1) is 17.6 Å². The lowest BCUT2D eigenvalue weighted by Crippen LogP contribution is -2.19. The molecule has 0 saturated carbocycles. The minimum atomic E-state index is -1.16. The summed E-state index contributed by atoms with van der Waals surface area (Å²) < 4.78 is 31.2. The largest absolute Gasteiger partial charge is 0.493 e. The van der Waals surface area contributed by atoms with E-state index < -0.39 is 23.5 Å². The molecule has 0 fully saturated rings. The number of carboxylic acid groups (broad SMARTS) is 1. The van der Waals surface area contributed by atoms with Crippen LogP contribution in [-0.4, -0.2) is 18.2 Å². The Bertz CT molecular complexity index is 430. The van der Waals surface area contributed by atoms with Crippen LogP contribution < -0.4 is 4.74 Å². The molecule has 3 nitrogen and oxygen atoms in total. The Morgan fingerprint density at radius 2 is 1.94 bits per heavy atom. The van der Waals surface area contributed by atoms with Gasteiger partial charge in [-0.3, -0.25) is 4.79 Å². The lowest BCUT2D eigenvalue weighted by atomic mass is 9.88. The predicted octanol–water partition coefficient (Wildman–Crippen LogP) is 2.80. The molecule has 1 aromatic rings. The van der Waals surface area contributed by atoms with Gasteiger partial charge < -0.3 is 9.84 Å². The molecule has 1 unspecified atom stereocenters. The van der Waals surface area contributed by atoms with Crippen LogP contribution in [0.15, 0.2) is 12.1 Å². The van der Waals surface area contributed by atoms with Gasteiger partial charge in [0.2, 0.25) is 5.82 Å². The van der Waals surface area contributed by atoms with Crippen molar-refractivity contribution >= 4 is 5.97 Å². The van der Waals surface area contributed by atoms with Crippen LogP contribution in [-0.2, 0) is 4.79 Å². The lowest BCUT2D eigenvalue weighted by Gasteiger charge is -2.19. The number of carboxylic acids is 1. The van der Waals surface area contributed by atoms with Crippen molar-refractivity contribution in [2.45, 2.75) is 19.8 Å². The molecule has 0 bridgehead atoms. The summed E-state index contributed by atoms with van der Waals surface area (Å²) in [5.41, 5.74) is 0.147. The fourth-order valence-electron chi connectivity index (χ4n) is 1.78. The number of hydrogen-bond acceptors (Lipinski definition) is 2. The van der Waals surface area contributed by atoms with Crippen molar-refractivity contribution < 1.29 is 23.4 Å². The summed E-state index contributed by atoms with van der Waals surface area (Å²) in [7, 11) is 1.18. The third-order valence-electron chi connectivity index (χ3n) is 2.55. The molecule has 0 aromatic heterocycles. The third kappa shape index (κ3) is 2.54. The molecule has 0 aliphatic rings. The van der Waals surface area contributed by atoms with E-state index in [-0.39, 0.29) is 17.2 Å². The molecule has 0 saturated heterocycles. The van der Waals surface area contributed by atoms with Crippen molar-refractivity contribution in [2.24, 2.45) is 5.92 Å². The Morgan fingerprint density at radius 3 is 2.35 bits per heavy atom. The summed E-state index contributed by atoms with van der Waals surface area (Å²) in [6, 6.07) is 2.15. The summed E-state index contributed by atoms with van der Waals surface area (Å²) in [6.45, 7) is 3.39. The van der Waals surface area contributed by atoms with Gasteiger partial charge in [-0.25, -0.2) is 4.39 Å². The van der Waals surface area contributed by atoms with Crippen LogP contribution in [0.4, 0.5) is 8.78 Å². The maximum Gasteiger partial charge on any atom is 0.311 e. The molecule has 94 valence electrons. The van der Waals surface area contributed by atoms with Crippen LogP contribution in [0.5, 0.6) is 5.75 Å². The Labute approximate surface area is 98.0 Å². The number of carbonyl (C=O) groups is 1. The molecular formula is C12H14F2O3. The maximum atomic E-state index is 13.5. The first-order valence-electron chi connectivity index (χ1n) is 5.14. The van der Waals surface area contributed by atoms with Gasteiger partial charge in [-0.2, -0.15) is 4.39 Å². The highest BCUT2D eigenvalue weighted by molar-refractivity contribution is 5.77. The predicted molar refractivity (Wildman–Crippen MR) is 58.1 cm³/mol. The van der Waals surface area contributed by atoms with Crippen LogP contribution in [0.2, 0.25) is 0 Å². The molecule has 1 N–H and O–H groups in total. The van der Waals surface area contributed by atoms with Crippen molar-refractivity contribution in [1.82, 2.24) is 0 Å². The van der Waals surface area contributed by atoms with Crippen LogP contribution >= 0.6 is 0 Å². The normalized spacial score (nSPS) is 12.6. The first-order valence-corrected chi connectivity index (χ1v) is 5.14. The number of benzene rings is 1. The molecule has 1 aromatic carbocycles. The fourth-order valence-corrected chi connectivity index (χ4v) is 1.78. The van der Waals surface area contributed by atoms with Gasteiger partial charge in [0.1, 0.15) is 0 Å². The van der Waals surface area contributed by atoms with Crippen LogP contribution in [0.3, 0.4) is 0 Å². The topological polar surface area (TPSA) is 46.5 Å². The van der Waals surface area contributed by atoms with Gasteiger partial charge in [0, 0.05) is 5.56 Å². The average Bonchev–Trinajstić information content (AvgIpc) is 2.23. The molecule has 1 atom stereocenters. The number of methoxy groups -OCH3 is 1. The second kappa shape index (κ2) is 5.12. The van der Waals surface area contributed by atoms with Crippen molar-refractivity contribution in [3.05, 3.63) is 29.3 Å². The summed E-state index contributed by atoms with van der Waals surface area (Å²) in [4.78, 5) is 11.1. The zero-order valence-electron chi connectivity index (χ0n) is 9.83. The molecule has 0 heterocycles. The van der Waals surface area contributed by atoms with Gasteiger partial charge in [0.25, 0.3) is 0 Å². The molecule has 5 heteroatoms. The summed E-state index contributed by atoms with van der Waals surface area (Å²) in [5.74, 6) is -4.84. The third-order valence-corrected chi connectivity index (χ3v) is 2.55. The van der Waals surface area contributed by atoms with Gasteiger partial charge in [-0.15, -0.1) is 0 Å². The van der Waals surface area contributed by atoms with Gasteiger partial charge in [-0.1, -0.05) is 19.9 Å². The highest BCUT2D eigenvalue weighted by Crippen LogP contribution is 2.34. The summed E-state index contributed by atoms with van der Waals surface area (Å²) in [5, 5.41) is 9.11. The number of rotatable bonds is 4. The van der Waals surface area contributed by atoms with Crippen molar-refractivity contribution in [3.8, 4) is 5.75 Å². The standard InChI is InChI=1S/C12H14F2O3/c1-6(2)9(12(15)16)7-4-5-8(13)10(14)11(7)17-3/h4-6,9H,1-3H3,(H,15,16). The second-order valence-corrected chi connectivity index (χ2v) is 4.04. The van der Waals surface area contributed by atoms with Gasteiger partial charge in [-0.05, 0) is 12.0 Å². The first-order chi connectivity index (χ1) is 7.90. The van der Waals surface area contributed by atoms with E-state index in [1.165, 1.54) is 13.2 Å². The SMILES string of the molecule is COc1c(C(C(=O)O)C(C)C)ccc(F)c1F. The molecule has 0 aliphatic carbocycles. The first kappa shape index (κ1) is 13.4. The molecule has 0 amide bonds. The smallest absolute Gasteiger partial charge is 0.311 e. The fraction of sp³-hybridized carbons (Fsp3) is 0.417. The van der Waals surface area contributed by atoms with Gasteiger partial charge in [0.05, 0.1) is 13.0 Å². The number of ether oxygens (including phenoxy) is 1. The molecular weight excluding hydrogens is 230 g/mol. The Balaban J connectivity index is 3.38. The Kier molecular flexibility index (Phi) is 4.04. The van der Waals surface area contributed by atoms with E-state index in [4.69, 9.17) is 9.84 Å². The zero-order valence-corrected chi connectivity index (χ0v) is 9.83. The highest BCUT2D eigenvalue weighted by atomic mass is 19.2. The molecule has 0 spiro atoms. The van der Waals surface area contributed by atoms with E-state index in [1.807, 2.05) is 0 Å². The van der Waals surface area contributed by atoms with E-state index in [9.17, 15) is 13.6 Å². The van der Waals surface area contributed by atoms with E-state index in [1.54, 1.807) is 13.8 Å². The quantitative estimate of drug-likeness (QED) is 0.885.